The fraction of sp³-hybridized carbons (Fsp3) is 0.250. The third-order valence-corrected chi connectivity index (χ3v) is 7.28. The number of ether oxygens (including phenoxy) is 4. The highest BCUT2D eigenvalue weighted by atomic mass is 16.5. The maximum absolute atomic E-state index is 13.9. The molecule has 2 atom stereocenters. The highest BCUT2D eigenvalue weighted by Crippen LogP contribution is 2.47. The van der Waals surface area contributed by atoms with Gasteiger partial charge in [0.05, 0.1) is 26.9 Å². The van der Waals surface area contributed by atoms with Crippen molar-refractivity contribution >= 4 is 11.8 Å². The molecule has 200 valence electrons. The first-order valence-corrected chi connectivity index (χ1v) is 12.8. The van der Waals surface area contributed by atoms with E-state index in [1.54, 1.807) is 14.2 Å². The van der Waals surface area contributed by atoms with Crippen molar-refractivity contribution in [3.8, 4) is 23.0 Å². The van der Waals surface area contributed by atoms with E-state index in [9.17, 15) is 9.59 Å². The topological polar surface area (TPSA) is 83.1 Å². The summed E-state index contributed by atoms with van der Waals surface area (Å²) in [7, 11) is 4.55. The summed E-state index contributed by atoms with van der Waals surface area (Å²) in [4.78, 5) is 26.9. The Morgan fingerprint density at radius 2 is 1.56 bits per heavy atom. The van der Waals surface area contributed by atoms with Gasteiger partial charge in [0.2, 0.25) is 0 Å². The van der Waals surface area contributed by atoms with Gasteiger partial charge < -0.3 is 24.3 Å². The lowest BCUT2D eigenvalue weighted by molar-refractivity contribution is -0.136. The van der Waals surface area contributed by atoms with Crippen molar-refractivity contribution in [1.82, 2.24) is 5.32 Å². The van der Waals surface area contributed by atoms with E-state index in [0.29, 0.717) is 52.7 Å². The average molecular weight is 526 g/mol. The van der Waals surface area contributed by atoms with Crippen molar-refractivity contribution in [2.75, 3.05) is 21.3 Å². The van der Waals surface area contributed by atoms with Crippen LogP contribution in [-0.4, -0.2) is 33.1 Å². The highest BCUT2D eigenvalue weighted by Gasteiger charge is 2.41. The summed E-state index contributed by atoms with van der Waals surface area (Å²) in [5.41, 5.74) is 4.27. The van der Waals surface area contributed by atoms with Gasteiger partial charge in [-0.2, -0.15) is 0 Å². The van der Waals surface area contributed by atoms with Crippen LogP contribution in [0.3, 0.4) is 0 Å². The Balaban J connectivity index is 1.55. The van der Waals surface area contributed by atoms with Crippen LogP contribution in [0.25, 0.3) is 0 Å². The lowest BCUT2D eigenvalue weighted by Gasteiger charge is -2.36. The number of dihydropyridines is 1. The van der Waals surface area contributed by atoms with Crippen LogP contribution in [0.5, 0.6) is 23.0 Å². The summed E-state index contributed by atoms with van der Waals surface area (Å²) < 4.78 is 22.1. The number of carbonyl (C=O) groups is 2. The van der Waals surface area contributed by atoms with Crippen LogP contribution in [0, 0.1) is 0 Å². The van der Waals surface area contributed by atoms with Gasteiger partial charge in [-0.1, -0.05) is 36.4 Å². The highest BCUT2D eigenvalue weighted by molar-refractivity contribution is 6.04. The van der Waals surface area contributed by atoms with E-state index in [4.69, 9.17) is 18.9 Å². The molecule has 0 radical (unpaired) electrons. The third-order valence-electron chi connectivity index (χ3n) is 7.28. The molecule has 1 aliphatic heterocycles. The molecule has 0 saturated heterocycles. The number of esters is 1. The first-order chi connectivity index (χ1) is 18.9. The zero-order valence-corrected chi connectivity index (χ0v) is 22.4. The summed E-state index contributed by atoms with van der Waals surface area (Å²) >= 11 is 0. The van der Waals surface area contributed by atoms with E-state index in [2.05, 4.69) is 5.32 Å². The minimum Gasteiger partial charge on any atom is -0.493 e. The Bertz CT molecular complexity index is 1470. The Hall–Kier alpha value is -4.52. The lowest BCUT2D eigenvalue weighted by Crippen LogP contribution is -2.36. The predicted molar refractivity (Wildman–Crippen MR) is 147 cm³/mol. The van der Waals surface area contributed by atoms with Crippen molar-refractivity contribution < 1.29 is 28.5 Å². The molecule has 0 fully saturated rings. The number of Topliss-reactive ketones (excluding diaryl/α,β-unsaturated/α-hetero) is 1. The first-order valence-electron chi connectivity index (χ1n) is 12.8. The van der Waals surface area contributed by atoms with Gasteiger partial charge in [-0.05, 0) is 66.8 Å². The van der Waals surface area contributed by atoms with E-state index in [-0.39, 0.29) is 11.7 Å². The maximum atomic E-state index is 13.9. The summed E-state index contributed by atoms with van der Waals surface area (Å²) in [6, 6.07) is 22.8. The molecule has 3 aromatic carbocycles. The van der Waals surface area contributed by atoms with E-state index in [1.165, 1.54) is 7.11 Å². The van der Waals surface area contributed by atoms with Crippen LogP contribution in [0.4, 0.5) is 0 Å². The summed E-state index contributed by atoms with van der Waals surface area (Å²) in [6.07, 6.45) is 0.916. The molecule has 0 spiro atoms. The molecular formula is C32H31NO6. The number of hydrogen-bond acceptors (Lipinski definition) is 7. The molecule has 0 bridgehead atoms. The number of nitrogens with one attached hydrogen (secondary N) is 1. The molecule has 1 heterocycles. The van der Waals surface area contributed by atoms with Gasteiger partial charge in [0.1, 0.15) is 11.5 Å². The van der Waals surface area contributed by atoms with Crippen LogP contribution in [0.1, 0.15) is 42.7 Å². The number of methoxy groups -OCH3 is 3. The minimum absolute atomic E-state index is 0.0168. The van der Waals surface area contributed by atoms with E-state index >= 15 is 0 Å². The van der Waals surface area contributed by atoms with Crippen LogP contribution < -0.4 is 19.5 Å². The number of para-hydroxylation sites is 1. The van der Waals surface area contributed by atoms with Crippen molar-refractivity contribution in [2.45, 2.75) is 31.6 Å². The quantitative estimate of drug-likeness (QED) is 0.377. The maximum Gasteiger partial charge on any atom is 0.336 e. The van der Waals surface area contributed by atoms with Gasteiger partial charge in [-0.25, -0.2) is 4.79 Å². The number of allylic oxidation sites excluding steroid dienone is 3. The van der Waals surface area contributed by atoms with Gasteiger partial charge in [0.25, 0.3) is 0 Å². The monoisotopic (exact) mass is 525 g/mol. The molecule has 7 nitrogen and oxygen atoms in total. The molecule has 0 amide bonds. The lowest BCUT2D eigenvalue weighted by atomic mass is 9.71. The molecular weight excluding hydrogens is 494 g/mol. The second-order valence-corrected chi connectivity index (χ2v) is 9.61. The van der Waals surface area contributed by atoms with E-state index in [1.807, 2.05) is 79.7 Å². The molecule has 5 rings (SSSR count). The molecule has 0 aromatic heterocycles. The summed E-state index contributed by atoms with van der Waals surface area (Å²) in [5.74, 6) is 1.46. The van der Waals surface area contributed by atoms with Gasteiger partial charge in [0, 0.05) is 29.3 Å². The Morgan fingerprint density at radius 1 is 0.821 bits per heavy atom. The number of benzene rings is 3. The van der Waals surface area contributed by atoms with Crippen LogP contribution >= 0.6 is 0 Å². The smallest absolute Gasteiger partial charge is 0.336 e. The number of carbonyl (C=O) groups excluding carboxylic acids is 2. The molecule has 3 aromatic rings. The molecule has 0 saturated carbocycles. The second kappa shape index (κ2) is 11.1. The molecule has 1 aliphatic carbocycles. The molecule has 7 heteroatoms. The van der Waals surface area contributed by atoms with Crippen molar-refractivity contribution in [3.63, 3.8) is 0 Å². The average Bonchev–Trinajstić information content (AvgIpc) is 2.96. The molecule has 39 heavy (non-hydrogen) atoms. The standard InChI is InChI=1S/C32H31NO6/c1-19-29(32(35)38-4)30(21-9-8-12-24(15-21)39-23-10-6-5-7-11-23)31-25(33-19)16-22(17-26(31)34)20-13-14-27(36-2)28(18-20)37-3/h5-15,18,22,30,33H,16-17H2,1-4H3. The van der Waals surface area contributed by atoms with Crippen LogP contribution in [-0.2, 0) is 14.3 Å². The zero-order chi connectivity index (χ0) is 27.5. The van der Waals surface area contributed by atoms with Gasteiger partial charge in [0.15, 0.2) is 17.3 Å². The normalized spacial score (nSPS) is 18.7. The van der Waals surface area contributed by atoms with Gasteiger partial charge >= 0.3 is 5.97 Å². The van der Waals surface area contributed by atoms with Gasteiger partial charge in [-0.15, -0.1) is 0 Å². The molecule has 2 aliphatic rings. The van der Waals surface area contributed by atoms with Crippen LogP contribution in [0.15, 0.2) is 95.3 Å². The minimum atomic E-state index is -0.577. The predicted octanol–water partition coefficient (Wildman–Crippen LogP) is 6.03. The SMILES string of the molecule is COC(=O)C1=C(C)NC2=C(C(=O)CC(c3ccc(OC)c(OC)c3)C2)C1c1cccc(Oc2ccccc2)c1. The number of rotatable bonds is 7. The summed E-state index contributed by atoms with van der Waals surface area (Å²) in [6.45, 7) is 1.85. The first kappa shape index (κ1) is 26.1. The van der Waals surface area contributed by atoms with Crippen molar-refractivity contribution in [1.29, 1.82) is 0 Å². The Kier molecular flexibility index (Phi) is 7.41. The summed E-state index contributed by atoms with van der Waals surface area (Å²) in [5, 5.41) is 3.37. The Morgan fingerprint density at radius 3 is 2.28 bits per heavy atom. The van der Waals surface area contributed by atoms with Gasteiger partial charge in [-0.3, -0.25) is 4.79 Å². The van der Waals surface area contributed by atoms with Crippen LogP contribution in [0.2, 0.25) is 0 Å². The third kappa shape index (κ3) is 5.12. The fourth-order valence-electron chi connectivity index (χ4n) is 5.48. The van der Waals surface area contributed by atoms with E-state index in [0.717, 1.165) is 16.8 Å². The second-order valence-electron chi connectivity index (χ2n) is 9.61. The van der Waals surface area contributed by atoms with E-state index < -0.39 is 11.9 Å². The molecule has 2 unspecified atom stereocenters. The largest absolute Gasteiger partial charge is 0.493 e. The van der Waals surface area contributed by atoms with Crippen molar-refractivity contribution in [2.24, 2.45) is 0 Å². The Labute approximate surface area is 228 Å². The zero-order valence-electron chi connectivity index (χ0n) is 22.4. The fourth-order valence-corrected chi connectivity index (χ4v) is 5.48. The number of hydrogen-bond donors (Lipinski definition) is 1. The molecule has 1 N–H and O–H groups in total. The number of ketones is 1. The van der Waals surface area contributed by atoms with Crippen molar-refractivity contribution in [3.05, 3.63) is 106 Å².